The number of benzene rings is 2. The second-order valence-electron chi connectivity index (χ2n) is 4.00. The normalized spacial score (nSPS) is 11.1. The van der Waals surface area contributed by atoms with Gasteiger partial charge in [-0.15, -0.1) is 0 Å². The lowest BCUT2D eigenvalue weighted by molar-refractivity contribution is 0.448. The highest BCUT2D eigenvalue weighted by atomic mass is 19.2. The van der Waals surface area contributed by atoms with Crippen molar-refractivity contribution in [1.29, 1.82) is 0 Å². The molecule has 1 aromatic heterocycles. The monoisotopic (exact) mass is 247 g/mol. The van der Waals surface area contributed by atoms with E-state index in [9.17, 15) is 13.2 Å². The lowest BCUT2D eigenvalue weighted by atomic mass is 10.0. The predicted molar refractivity (Wildman–Crippen MR) is 63.6 cm³/mol. The Hall–Kier alpha value is -2.23. The molecule has 0 saturated carbocycles. The van der Waals surface area contributed by atoms with Gasteiger partial charge in [-0.25, -0.2) is 13.2 Å². The molecule has 0 aliphatic carbocycles. The van der Waals surface area contributed by atoms with Gasteiger partial charge in [0.1, 0.15) is 0 Å². The molecule has 3 aromatic rings. The Labute approximate surface area is 101 Å². The molecule has 1 N–H and O–H groups in total. The molecule has 0 radical (unpaired) electrons. The summed E-state index contributed by atoms with van der Waals surface area (Å²) in [6.07, 6.45) is 1.74. The molecule has 4 heteroatoms. The molecule has 2 aromatic carbocycles. The van der Waals surface area contributed by atoms with E-state index in [1.54, 1.807) is 18.3 Å². The summed E-state index contributed by atoms with van der Waals surface area (Å²) in [5.41, 5.74) is 1.83. The summed E-state index contributed by atoms with van der Waals surface area (Å²) in [7, 11) is 0. The van der Waals surface area contributed by atoms with E-state index in [1.165, 1.54) is 0 Å². The number of nitrogens with one attached hydrogen (secondary N) is 1. The molecule has 1 heterocycles. The first-order chi connectivity index (χ1) is 8.66. The highest BCUT2D eigenvalue weighted by Crippen LogP contribution is 2.29. The largest absolute Gasteiger partial charge is 0.361 e. The highest BCUT2D eigenvalue weighted by Gasteiger charge is 2.13. The van der Waals surface area contributed by atoms with Crippen LogP contribution in [0.3, 0.4) is 0 Å². The number of H-pyrrole nitrogens is 1. The van der Waals surface area contributed by atoms with Gasteiger partial charge in [-0.3, -0.25) is 0 Å². The maximum Gasteiger partial charge on any atom is 0.194 e. The quantitative estimate of drug-likeness (QED) is 0.619. The number of halogens is 3. The Morgan fingerprint density at radius 1 is 0.889 bits per heavy atom. The first kappa shape index (κ1) is 10.9. The third-order valence-electron chi connectivity index (χ3n) is 2.89. The SMILES string of the molecule is Fc1cc(-c2cccc3[nH]ccc23)cc(F)c1F. The third kappa shape index (κ3) is 1.57. The number of hydrogen-bond donors (Lipinski definition) is 1. The van der Waals surface area contributed by atoms with Crippen LogP contribution in [0.25, 0.3) is 22.0 Å². The summed E-state index contributed by atoms with van der Waals surface area (Å²) in [4.78, 5) is 3.01. The fourth-order valence-corrected chi connectivity index (χ4v) is 2.05. The second kappa shape index (κ2) is 3.91. The molecule has 0 fully saturated rings. The number of aromatic amines is 1. The average Bonchev–Trinajstić information content (AvgIpc) is 2.83. The van der Waals surface area contributed by atoms with E-state index in [2.05, 4.69) is 4.98 Å². The van der Waals surface area contributed by atoms with Crippen molar-refractivity contribution in [2.24, 2.45) is 0 Å². The number of fused-ring (bicyclic) bond motifs is 1. The van der Waals surface area contributed by atoms with Crippen LogP contribution in [0.2, 0.25) is 0 Å². The van der Waals surface area contributed by atoms with Crippen molar-refractivity contribution >= 4 is 10.9 Å². The topological polar surface area (TPSA) is 15.8 Å². The van der Waals surface area contributed by atoms with Gasteiger partial charge in [-0.2, -0.15) is 0 Å². The summed E-state index contributed by atoms with van der Waals surface area (Å²) >= 11 is 0. The Balaban J connectivity index is 2.29. The van der Waals surface area contributed by atoms with Crippen LogP contribution in [-0.4, -0.2) is 4.98 Å². The zero-order valence-corrected chi connectivity index (χ0v) is 9.18. The molecule has 3 rings (SSSR count). The number of rotatable bonds is 1. The average molecular weight is 247 g/mol. The Kier molecular flexibility index (Phi) is 2.37. The molecule has 0 aliphatic heterocycles. The minimum atomic E-state index is -1.44. The molecule has 0 atom stereocenters. The van der Waals surface area contributed by atoms with E-state index in [0.717, 1.165) is 23.0 Å². The van der Waals surface area contributed by atoms with Crippen LogP contribution in [0.4, 0.5) is 13.2 Å². The van der Waals surface area contributed by atoms with Gasteiger partial charge in [0.05, 0.1) is 0 Å². The smallest absolute Gasteiger partial charge is 0.194 e. The van der Waals surface area contributed by atoms with E-state index in [4.69, 9.17) is 0 Å². The minimum Gasteiger partial charge on any atom is -0.361 e. The highest BCUT2D eigenvalue weighted by molar-refractivity contribution is 5.95. The van der Waals surface area contributed by atoms with Crippen molar-refractivity contribution in [3.63, 3.8) is 0 Å². The van der Waals surface area contributed by atoms with E-state index >= 15 is 0 Å². The Morgan fingerprint density at radius 2 is 1.61 bits per heavy atom. The van der Waals surface area contributed by atoms with Crippen molar-refractivity contribution < 1.29 is 13.2 Å². The minimum absolute atomic E-state index is 0.316. The van der Waals surface area contributed by atoms with E-state index in [1.807, 2.05) is 12.1 Å². The van der Waals surface area contributed by atoms with Gasteiger partial charge in [-0.05, 0) is 35.4 Å². The van der Waals surface area contributed by atoms with Gasteiger partial charge in [0, 0.05) is 17.1 Å². The van der Waals surface area contributed by atoms with Crippen molar-refractivity contribution in [3.05, 3.63) is 60.0 Å². The van der Waals surface area contributed by atoms with Crippen LogP contribution < -0.4 is 0 Å². The lowest BCUT2D eigenvalue weighted by Crippen LogP contribution is -1.92. The van der Waals surface area contributed by atoms with Crippen LogP contribution in [-0.2, 0) is 0 Å². The summed E-state index contributed by atoms with van der Waals surface area (Å²) in [6, 6.07) is 9.18. The van der Waals surface area contributed by atoms with E-state index < -0.39 is 17.5 Å². The van der Waals surface area contributed by atoms with Crippen LogP contribution in [0, 0.1) is 17.5 Å². The second-order valence-corrected chi connectivity index (χ2v) is 4.00. The standard InChI is InChI=1S/C14H8F3N/c15-11-6-8(7-12(16)14(11)17)9-2-1-3-13-10(9)4-5-18-13/h1-7,18H. The van der Waals surface area contributed by atoms with E-state index in [-0.39, 0.29) is 0 Å². The Morgan fingerprint density at radius 3 is 2.33 bits per heavy atom. The zero-order chi connectivity index (χ0) is 12.7. The molecule has 0 aliphatic rings. The van der Waals surface area contributed by atoms with Crippen molar-refractivity contribution in [2.75, 3.05) is 0 Å². The Bertz CT molecular complexity index is 708. The molecule has 0 spiro atoms. The van der Waals surface area contributed by atoms with Crippen molar-refractivity contribution in [1.82, 2.24) is 4.98 Å². The van der Waals surface area contributed by atoms with Crippen molar-refractivity contribution in [2.45, 2.75) is 0 Å². The molecule has 18 heavy (non-hydrogen) atoms. The maximum atomic E-state index is 13.2. The van der Waals surface area contributed by atoms with Gasteiger partial charge in [0.2, 0.25) is 0 Å². The summed E-state index contributed by atoms with van der Waals surface area (Å²) in [6.45, 7) is 0. The number of aromatic nitrogens is 1. The molecule has 0 amide bonds. The fraction of sp³-hybridized carbons (Fsp3) is 0. The molecule has 90 valence electrons. The van der Waals surface area contributed by atoms with Crippen molar-refractivity contribution in [3.8, 4) is 11.1 Å². The maximum absolute atomic E-state index is 13.2. The summed E-state index contributed by atoms with van der Waals surface area (Å²) < 4.78 is 39.4. The van der Waals surface area contributed by atoms with Crippen LogP contribution in [0.1, 0.15) is 0 Å². The first-order valence-electron chi connectivity index (χ1n) is 5.38. The lowest BCUT2D eigenvalue weighted by Gasteiger charge is -2.05. The zero-order valence-electron chi connectivity index (χ0n) is 9.18. The molecular formula is C14H8F3N. The van der Waals surface area contributed by atoms with E-state index in [0.29, 0.717) is 11.1 Å². The van der Waals surface area contributed by atoms with Gasteiger partial charge >= 0.3 is 0 Å². The van der Waals surface area contributed by atoms with Gasteiger partial charge in [0.25, 0.3) is 0 Å². The molecule has 0 bridgehead atoms. The van der Waals surface area contributed by atoms with Crippen LogP contribution in [0.5, 0.6) is 0 Å². The molecule has 0 saturated heterocycles. The summed E-state index contributed by atoms with van der Waals surface area (Å²) in [5.74, 6) is -3.81. The van der Waals surface area contributed by atoms with Gasteiger partial charge in [0.15, 0.2) is 17.5 Å². The molecule has 0 unspecified atom stereocenters. The summed E-state index contributed by atoms with van der Waals surface area (Å²) in [5, 5.41) is 0.836. The third-order valence-corrected chi connectivity index (χ3v) is 2.89. The van der Waals surface area contributed by atoms with Gasteiger partial charge in [-0.1, -0.05) is 12.1 Å². The predicted octanol–water partition coefficient (Wildman–Crippen LogP) is 4.25. The van der Waals surface area contributed by atoms with Gasteiger partial charge < -0.3 is 4.98 Å². The number of hydrogen-bond acceptors (Lipinski definition) is 0. The van der Waals surface area contributed by atoms with Crippen LogP contribution in [0.15, 0.2) is 42.6 Å². The molecular weight excluding hydrogens is 239 g/mol. The first-order valence-corrected chi connectivity index (χ1v) is 5.38. The van der Waals surface area contributed by atoms with Crippen LogP contribution >= 0.6 is 0 Å². The fourth-order valence-electron chi connectivity index (χ4n) is 2.05. The molecule has 1 nitrogen and oxygen atoms in total.